The number of rotatable bonds is 7. The number of benzene rings is 1. The molecule has 28 heavy (non-hydrogen) atoms. The maximum Gasteiger partial charge on any atom is 0.273 e. The number of nitrogens with one attached hydrogen (secondary N) is 1. The van der Waals surface area contributed by atoms with E-state index in [-0.39, 0.29) is 12.0 Å². The van der Waals surface area contributed by atoms with Crippen LogP contribution in [-0.2, 0) is 24.4 Å². The summed E-state index contributed by atoms with van der Waals surface area (Å²) in [6, 6.07) is 9.62. The molecule has 1 unspecified atom stereocenters. The van der Waals surface area contributed by atoms with Crippen molar-refractivity contribution in [1.29, 1.82) is 0 Å². The van der Waals surface area contributed by atoms with Crippen LogP contribution in [0.5, 0.6) is 5.75 Å². The van der Waals surface area contributed by atoms with E-state index >= 15 is 0 Å². The van der Waals surface area contributed by atoms with Crippen molar-refractivity contribution in [1.82, 2.24) is 30.1 Å². The van der Waals surface area contributed by atoms with Gasteiger partial charge in [0, 0.05) is 25.5 Å². The summed E-state index contributed by atoms with van der Waals surface area (Å²) in [7, 11) is 1.64. The molecule has 0 fully saturated rings. The minimum Gasteiger partial charge on any atom is -0.497 e. The van der Waals surface area contributed by atoms with Gasteiger partial charge < -0.3 is 14.8 Å². The molecule has 0 aliphatic carbocycles. The van der Waals surface area contributed by atoms with Crippen LogP contribution in [0.4, 0.5) is 0 Å². The van der Waals surface area contributed by atoms with Crippen LogP contribution >= 0.6 is 0 Å². The number of carbonyl (C=O) groups excluding carboxylic acids is 1. The van der Waals surface area contributed by atoms with Crippen LogP contribution in [0.15, 0.2) is 42.7 Å². The molecule has 4 rings (SSSR count). The standard InChI is InChI=1S/C19H22N6O3/c1-27-15-6-4-14(5-7-15)17-12-25-16(13-28-17)18(22-23-25)19(26)20-8-2-10-24-11-3-9-21-24/h3-7,9,11,17H,2,8,10,12-13H2,1H3,(H,20,26). The van der Waals surface area contributed by atoms with Crippen molar-refractivity contribution in [3.8, 4) is 5.75 Å². The fraction of sp³-hybridized carbons (Fsp3) is 0.368. The van der Waals surface area contributed by atoms with Crippen LogP contribution < -0.4 is 10.1 Å². The third-order valence-corrected chi connectivity index (χ3v) is 4.71. The van der Waals surface area contributed by atoms with Gasteiger partial charge in [-0.25, -0.2) is 4.68 Å². The van der Waals surface area contributed by atoms with Gasteiger partial charge in [-0.05, 0) is 30.2 Å². The number of nitrogens with zero attached hydrogens (tertiary/aromatic N) is 5. The summed E-state index contributed by atoms with van der Waals surface area (Å²) in [4.78, 5) is 12.4. The first-order chi connectivity index (χ1) is 13.7. The molecule has 1 amide bonds. The number of hydrogen-bond acceptors (Lipinski definition) is 6. The number of aryl methyl sites for hydroxylation is 1. The van der Waals surface area contributed by atoms with Crippen LogP contribution in [-0.4, -0.2) is 44.3 Å². The van der Waals surface area contributed by atoms with Crippen LogP contribution in [0.3, 0.4) is 0 Å². The SMILES string of the molecule is COc1ccc(C2Cn3nnc(C(=O)NCCCn4cccn4)c3CO2)cc1. The van der Waals surface area contributed by atoms with E-state index in [2.05, 4.69) is 20.7 Å². The molecule has 146 valence electrons. The first kappa shape index (κ1) is 18.2. The molecule has 1 N–H and O–H groups in total. The predicted octanol–water partition coefficient (Wildman–Crippen LogP) is 1.57. The largest absolute Gasteiger partial charge is 0.497 e. The summed E-state index contributed by atoms with van der Waals surface area (Å²) < 4.78 is 14.7. The molecule has 0 radical (unpaired) electrons. The second kappa shape index (κ2) is 8.22. The molecule has 0 saturated heterocycles. The molecule has 9 nitrogen and oxygen atoms in total. The highest BCUT2D eigenvalue weighted by molar-refractivity contribution is 5.93. The van der Waals surface area contributed by atoms with Crippen LogP contribution in [0.1, 0.15) is 34.3 Å². The van der Waals surface area contributed by atoms with Gasteiger partial charge in [-0.2, -0.15) is 5.10 Å². The normalized spacial score (nSPS) is 15.8. The van der Waals surface area contributed by atoms with Gasteiger partial charge in [0.05, 0.1) is 26.0 Å². The molecule has 0 bridgehead atoms. The lowest BCUT2D eigenvalue weighted by molar-refractivity contribution is -0.00179. The van der Waals surface area contributed by atoms with Crippen molar-refractivity contribution < 1.29 is 14.3 Å². The van der Waals surface area contributed by atoms with E-state index in [1.807, 2.05) is 41.2 Å². The molecule has 2 aromatic heterocycles. The average Bonchev–Trinajstić information content (AvgIpc) is 3.40. The van der Waals surface area contributed by atoms with E-state index in [4.69, 9.17) is 9.47 Å². The molecule has 1 aromatic carbocycles. The Bertz CT molecular complexity index is 920. The highest BCUT2D eigenvalue weighted by Crippen LogP contribution is 2.28. The Balaban J connectivity index is 1.34. The van der Waals surface area contributed by atoms with Crippen molar-refractivity contribution in [2.24, 2.45) is 0 Å². The number of aromatic nitrogens is 5. The Labute approximate surface area is 162 Å². The Morgan fingerprint density at radius 3 is 2.96 bits per heavy atom. The zero-order valence-electron chi connectivity index (χ0n) is 15.6. The minimum atomic E-state index is -0.229. The lowest BCUT2D eigenvalue weighted by Gasteiger charge is -2.24. The average molecular weight is 382 g/mol. The van der Waals surface area contributed by atoms with E-state index < -0.39 is 0 Å². The predicted molar refractivity (Wildman–Crippen MR) is 99.7 cm³/mol. The van der Waals surface area contributed by atoms with Gasteiger partial charge in [0.2, 0.25) is 0 Å². The number of methoxy groups -OCH3 is 1. The van der Waals surface area contributed by atoms with Crippen LogP contribution in [0, 0.1) is 0 Å². The van der Waals surface area contributed by atoms with Crippen LogP contribution in [0.2, 0.25) is 0 Å². The van der Waals surface area contributed by atoms with Crippen molar-refractivity contribution >= 4 is 5.91 Å². The van der Waals surface area contributed by atoms with Crippen molar-refractivity contribution in [3.63, 3.8) is 0 Å². The number of amides is 1. The molecular weight excluding hydrogens is 360 g/mol. The van der Waals surface area contributed by atoms with Gasteiger partial charge in [0.25, 0.3) is 5.91 Å². The topological polar surface area (TPSA) is 96.1 Å². The highest BCUT2D eigenvalue weighted by atomic mass is 16.5. The molecular formula is C19H22N6O3. The third kappa shape index (κ3) is 3.89. The zero-order valence-corrected chi connectivity index (χ0v) is 15.6. The second-order valence-electron chi connectivity index (χ2n) is 6.52. The first-order valence-corrected chi connectivity index (χ1v) is 9.18. The summed E-state index contributed by atoms with van der Waals surface area (Å²) >= 11 is 0. The fourth-order valence-corrected chi connectivity index (χ4v) is 3.17. The molecule has 1 aliphatic heterocycles. The van der Waals surface area contributed by atoms with E-state index in [1.54, 1.807) is 18.0 Å². The summed E-state index contributed by atoms with van der Waals surface area (Å²) in [6.07, 6.45) is 4.28. The van der Waals surface area contributed by atoms with Crippen LogP contribution in [0.25, 0.3) is 0 Å². The van der Waals surface area contributed by atoms with Crippen molar-refractivity contribution in [3.05, 3.63) is 59.7 Å². The van der Waals surface area contributed by atoms with Gasteiger partial charge in [-0.15, -0.1) is 5.10 Å². The maximum atomic E-state index is 12.4. The molecule has 3 heterocycles. The Hall–Kier alpha value is -3.20. The molecule has 1 aliphatic rings. The molecule has 0 saturated carbocycles. The van der Waals surface area contributed by atoms with Gasteiger partial charge in [-0.1, -0.05) is 17.3 Å². The summed E-state index contributed by atoms with van der Waals surface area (Å²) in [6.45, 7) is 2.10. The number of carbonyl (C=O) groups is 1. The summed E-state index contributed by atoms with van der Waals surface area (Å²) in [5, 5.41) is 15.2. The van der Waals surface area contributed by atoms with Gasteiger partial charge in [-0.3, -0.25) is 9.48 Å². The maximum absolute atomic E-state index is 12.4. The molecule has 9 heteroatoms. The highest BCUT2D eigenvalue weighted by Gasteiger charge is 2.27. The first-order valence-electron chi connectivity index (χ1n) is 9.18. The van der Waals surface area contributed by atoms with E-state index in [1.165, 1.54) is 0 Å². The third-order valence-electron chi connectivity index (χ3n) is 4.71. The van der Waals surface area contributed by atoms with E-state index in [0.29, 0.717) is 31.1 Å². The molecule has 1 atom stereocenters. The van der Waals surface area contributed by atoms with Gasteiger partial charge in [0.1, 0.15) is 11.9 Å². The quantitative estimate of drug-likeness (QED) is 0.623. The Morgan fingerprint density at radius 1 is 1.36 bits per heavy atom. The van der Waals surface area contributed by atoms with E-state index in [0.717, 1.165) is 24.3 Å². The van der Waals surface area contributed by atoms with Crippen molar-refractivity contribution in [2.75, 3.05) is 13.7 Å². The van der Waals surface area contributed by atoms with Gasteiger partial charge in [0.15, 0.2) is 5.69 Å². The summed E-state index contributed by atoms with van der Waals surface area (Å²) in [5.74, 6) is 0.570. The zero-order chi connectivity index (χ0) is 19.3. The minimum absolute atomic E-state index is 0.134. The number of fused-ring (bicyclic) bond motifs is 1. The number of ether oxygens (including phenoxy) is 2. The van der Waals surface area contributed by atoms with Crippen molar-refractivity contribution in [2.45, 2.75) is 32.2 Å². The summed E-state index contributed by atoms with van der Waals surface area (Å²) in [5.41, 5.74) is 2.06. The Morgan fingerprint density at radius 2 is 2.21 bits per heavy atom. The lowest BCUT2D eigenvalue weighted by Crippen LogP contribution is -2.28. The van der Waals surface area contributed by atoms with Gasteiger partial charge >= 0.3 is 0 Å². The second-order valence-corrected chi connectivity index (χ2v) is 6.52. The smallest absolute Gasteiger partial charge is 0.273 e. The van der Waals surface area contributed by atoms with E-state index in [9.17, 15) is 4.79 Å². The Kier molecular flexibility index (Phi) is 5.34. The fourth-order valence-electron chi connectivity index (χ4n) is 3.17. The monoisotopic (exact) mass is 382 g/mol. The number of hydrogen-bond donors (Lipinski definition) is 1. The lowest BCUT2D eigenvalue weighted by atomic mass is 10.1. The molecule has 0 spiro atoms. The molecule has 3 aromatic rings.